The summed E-state index contributed by atoms with van der Waals surface area (Å²) in [4.78, 5) is 0. The van der Waals surface area contributed by atoms with Crippen LogP contribution in [0, 0.1) is 6.92 Å². The molecule has 0 aliphatic heterocycles. The Morgan fingerprint density at radius 1 is 1.35 bits per heavy atom. The van der Waals surface area contributed by atoms with Crippen molar-refractivity contribution in [1.29, 1.82) is 0 Å². The minimum Gasteiger partial charge on any atom is -0.229 e. The Labute approximate surface area is 109 Å². The lowest BCUT2D eigenvalue weighted by Crippen LogP contribution is -2.13. The van der Waals surface area contributed by atoms with Crippen LogP contribution in [0.5, 0.6) is 0 Å². The molecule has 1 aromatic carbocycles. The number of hydrogen-bond donors (Lipinski definition) is 0. The minimum absolute atomic E-state index is 0.123. The lowest BCUT2D eigenvalue weighted by atomic mass is 9.97. The van der Waals surface area contributed by atoms with Crippen molar-refractivity contribution >= 4 is 21.4 Å². The highest BCUT2D eigenvalue weighted by Gasteiger charge is 2.15. The van der Waals surface area contributed by atoms with Gasteiger partial charge in [-0.1, -0.05) is 36.8 Å². The van der Waals surface area contributed by atoms with Crippen LogP contribution in [0.1, 0.15) is 30.4 Å². The van der Waals surface area contributed by atoms with E-state index in [1.165, 1.54) is 5.56 Å². The molecule has 2 nitrogen and oxygen atoms in total. The molecule has 0 saturated heterocycles. The summed E-state index contributed by atoms with van der Waals surface area (Å²) in [7, 11) is -2.90. The van der Waals surface area contributed by atoms with Gasteiger partial charge < -0.3 is 0 Å². The summed E-state index contributed by atoms with van der Waals surface area (Å²) < 4.78 is 22.9. The van der Waals surface area contributed by atoms with E-state index >= 15 is 0 Å². The van der Waals surface area contributed by atoms with E-state index in [1.54, 1.807) is 6.92 Å². The van der Waals surface area contributed by atoms with Gasteiger partial charge in [-0.05, 0) is 24.8 Å². The maximum absolute atomic E-state index is 11.5. The van der Waals surface area contributed by atoms with E-state index in [4.69, 9.17) is 11.6 Å². The monoisotopic (exact) mass is 274 g/mol. The van der Waals surface area contributed by atoms with E-state index < -0.39 is 9.84 Å². The van der Waals surface area contributed by atoms with Gasteiger partial charge in [-0.2, -0.15) is 0 Å². The number of aryl methyl sites for hydroxylation is 1. The smallest absolute Gasteiger partial charge is 0.150 e. The fourth-order valence-electron chi connectivity index (χ4n) is 1.72. The molecule has 0 bridgehead atoms. The third kappa shape index (κ3) is 4.68. The van der Waals surface area contributed by atoms with Gasteiger partial charge >= 0.3 is 0 Å². The summed E-state index contributed by atoms with van der Waals surface area (Å²) in [6.07, 6.45) is 0.600. The van der Waals surface area contributed by atoms with Crippen molar-refractivity contribution in [1.82, 2.24) is 0 Å². The van der Waals surface area contributed by atoms with Gasteiger partial charge in [0.1, 0.15) is 9.84 Å². The van der Waals surface area contributed by atoms with Crippen LogP contribution in [-0.4, -0.2) is 25.8 Å². The fraction of sp³-hybridized carbons (Fsp3) is 0.538. The quantitative estimate of drug-likeness (QED) is 0.747. The maximum Gasteiger partial charge on any atom is 0.150 e. The third-order valence-electron chi connectivity index (χ3n) is 2.92. The van der Waals surface area contributed by atoms with Crippen LogP contribution in [0.15, 0.2) is 24.3 Å². The standard InChI is InChI=1S/C13H19ClO2S/c1-3-17(15,16)8-7-13(10-14)12-6-4-5-11(2)9-12/h4-6,9,13H,3,7-8,10H2,1-2H3. The predicted octanol–water partition coefficient (Wildman–Crippen LogP) is 3.14. The van der Waals surface area contributed by atoms with Gasteiger partial charge in [0.15, 0.2) is 0 Å². The summed E-state index contributed by atoms with van der Waals surface area (Å²) in [6, 6.07) is 8.10. The molecule has 0 amide bonds. The summed E-state index contributed by atoms with van der Waals surface area (Å²) in [5.74, 6) is 1.01. The Morgan fingerprint density at radius 2 is 2.06 bits per heavy atom. The summed E-state index contributed by atoms with van der Waals surface area (Å²) >= 11 is 5.93. The van der Waals surface area contributed by atoms with Gasteiger partial charge in [0, 0.05) is 11.6 Å². The second-order valence-corrected chi connectivity index (χ2v) is 7.07. The molecule has 0 aliphatic carbocycles. The highest BCUT2D eigenvalue weighted by molar-refractivity contribution is 7.91. The largest absolute Gasteiger partial charge is 0.229 e. The van der Waals surface area contributed by atoms with Crippen molar-refractivity contribution < 1.29 is 8.42 Å². The number of halogens is 1. The van der Waals surface area contributed by atoms with Gasteiger partial charge in [-0.15, -0.1) is 11.6 Å². The Kier molecular flexibility index (Phi) is 5.47. The van der Waals surface area contributed by atoms with Crippen molar-refractivity contribution in [2.75, 3.05) is 17.4 Å². The van der Waals surface area contributed by atoms with Gasteiger partial charge in [-0.3, -0.25) is 0 Å². The summed E-state index contributed by atoms with van der Waals surface area (Å²) in [5, 5.41) is 0. The van der Waals surface area contributed by atoms with Crippen LogP contribution in [0.3, 0.4) is 0 Å². The molecule has 0 saturated carbocycles. The van der Waals surface area contributed by atoms with E-state index in [0.29, 0.717) is 12.3 Å². The van der Waals surface area contributed by atoms with Crippen molar-refractivity contribution in [2.24, 2.45) is 0 Å². The molecule has 0 spiro atoms. The molecule has 17 heavy (non-hydrogen) atoms. The van der Waals surface area contributed by atoms with Crippen LogP contribution in [-0.2, 0) is 9.84 Å². The topological polar surface area (TPSA) is 34.1 Å². The first-order chi connectivity index (χ1) is 7.98. The van der Waals surface area contributed by atoms with Crippen LogP contribution in [0.2, 0.25) is 0 Å². The van der Waals surface area contributed by atoms with Gasteiger partial charge in [0.25, 0.3) is 0 Å². The fourth-order valence-corrected chi connectivity index (χ4v) is 2.99. The SMILES string of the molecule is CCS(=O)(=O)CCC(CCl)c1cccc(C)c1. The molecule has 1 atom stereocenters. The molecule has 1 unspecified atom stereocenters. The molecule has 0 fully saturated rings. The average molecular weight is 275 g/mol. The molecule has 0 heterocycles. The number of rotatable bonds is 6. The second-order valence-electron chi connectivity index (χ2n) is 4.29. The summed E-state index contributed by atoms with van der Waals surface area (Å²) in [5.41, 5.74) is 2.31. The lowest BCUT2D eigenvalue weighted by molar-refractivity contribution is 0.590. The van der Waals surface area contributed by atoms with E-state index in [2.05, 4.69) is 6.07 Å². The first kappa shape index (κ1) is 14.5. The zero-order valence-electron chi connectivity index (χ0n) is 10.3. The van der Waals surface area contributed by atoms with Crippen LogP contribution < -0.4 is 0 Å². The number of hydrogen-bond acceptors (Lipinski definition) is 2. The highest BCUT2D eigenvalue weighted by atomic mass is 35.5. The molecule has 0 N–H and O–H groups in total. The van der Waals surface area contributed by atoms with Crippen molar-refractivity contribution in [2.45, 2.75) is 26.2 Å². The molecule has 1 rings (SSSR count). The molecule has 0 radical (unpaired) electrons. The van der Waals surface area contributed by atoms with Crippen molar-refractivity contribution in [3.63, 3.8) is 0 Å². The van der Waals surface area contributed by atoms with Crippen LogP contribution in [0.4, 0.5) is 0 Å². The molecule has 1 aromatic rings. The lowest BCUT2D eigenvalue weighted by Gasteiger charge is -2.14. The average Bonchev–Trinajstić information content (AvgIpc) is 2.30. The first-order valence-electron chi connectivity index (χ1n) is 5.81. The van der Waals surface area contributed by atoms with E-state index in [0.717, 1.165) is 5.56 Å². The van der Waals surface area contributed by atoms with E-state index in [1.807, 2.05) is 25.1 Å². The molecule has 4 heteroatoms. The Hall–Kier alpha value is -0.540. The van der Waals surface area contributed by atoms with Crippen LogP contribution in [0.25, 0.3) is 0 Å². The Bertz CT molecular complexity index is 454. The predicted molar refractivity (Wildman–Crippen MR) is 73.6 cm³/mol. The molecular formula is C13H19ClO2S. The molecule has 0 aliphatic rings. The highest BCUT2D eigenvalue weighted by Crippen LogP contribution is 2.22. The minimum atomic E-state index is -2.90. The third-order valence-corrected chi connectivity index (χ3v) is 5.03. The number of benzene rings is 1. The zero-order chi connectivity index (χ0) is 12.9. The van der Waals surface area contributed by atoms with E-state index in [9.17, 15) is 8.42 Å². The first-order valence-corrected chi connectivity index (χ1v) is 8.17. The van der Waals surface area contributed by atoms with Gasteiger partial charge in [-0.25, -0.2) is 8.42 Å². The Morgan fingerprint density at radius 3 is 2.59 bits per heavy atom. The number of sulfone groups is 1. The molecule has 0 aromatic heterocycles. The molecule has 96 valence electrons. The Balaban J connectivity index is 2.73. The van der Waals surface area contributed by atoms with Gasteiger partial charge in [0.05, 0.1) is 5.75 Å². The normalized spacial score (nSPS) is 13.6. The van der Waals surface area contributed by atoms with Crippen molar-refractivity contribution in [3.05, 3.63) is 35.4 Å². The molecular weight excluding hydrogens is 256 g/mol. The van der Waals surface area contributed by atoms with Crippen molar-refractivity contribution in [3.8, 4) is 0 Å². The second kappa shape index (κ2) is 6.41. The number of alkyl halides is 1. The van der Waals surface area contributed by atoms with Crippen LogP contribution >= 0.6 is 11.6 Å². The van der Waals surface area contributed by atoms with E-state index in [-0.39, 0.29) is 17.4 Å². The summed E-state index contributed by atoms with van der Waals surface area (Å²) in [6.45, 7) is 3.70. The zero-order valence-corrected chi connectivity index (χ0v) is 11.9. The maximum atomic E-state index is 11.5. The van der Waals surface area contributed by atoms with Gasteiger partial charge in [0.2, 0.25) is 0 Å².